The zero-order chi connectivity index (χ0) is 13.0. The summed E-state index contributed by atoms with van der Waals surface area (Å²) in [6.07, 6.45) is 1.69. The van der Waals surface area contributed by atoms with Crippen molar-refractivity contribution in [2.45, 2.75) is 20.4 Å². The number of aryl methyl sites for hydroxylation is 1. The summed E-state index contributed by atoms with van der Waals surface area (Å²) in [6, 6.07) is 11.8. The third-order valence-corrected chi connectivity index (χ3v) is 2.98. The highest BCUT2D eigenvalue weighted by atomic mass is 16.3. The average molecular weight is 240 g/mol. The normalized spacial score (nSPS) is 10.1. The maximum Gasteiger partial charge on any atom is 0.123 e. The highest BCUT2D eigenvalue weighted by Gasteiger charge is 2.10. The second kappa shape index (κ2) is 5.42. The molecule has 0 amide bonds. The predicted octanol–water partition coefficient (Wildman–Crippen LogP) is 3.49. The Morgan fingerprint density at radius 3 is 2.72 bits per heavy atom. The number of hydrogen-bond acceptors (Lipinski definition) is 3. The van der Waals surface area contributed by atoms with Crippen LogP contribution >= 0.6 is 0 Å². The highest BCUT2D eigenvalue weighted by molar-refractivity contribution is 5.56. The summed E-state index contributed by atoms with van der Waals surface area (Å²) in [5, 5.41) is 8.88. The van der Waals surface area contributed by atoms with Crippen molar-refractivity contribution in [2.75, 3.05) is 11.4 Å². The Balaban J connectivity index is 2.25. The van der Waals surface area contributed by atoms with Crippen molar-refractivity contribution in [2.24, 2.45) is 0 Å². The van der Waals surface area contributed by atoms with E-state index in [2.05, 4.69) is 17.9 Å². The molecule has 0 spiro atoms. The zero-order valence-electron chi connectivity index (χ0n) is 10.7. The van der Waals surface area contributed by atoms with Crippen LogP contribution in [-0.4, -0.2) is 6.54 Å². The Hall–Kier alpha value is -2.21. The van der Waals surface area contributed by atoms with Crippen LogP contribution in [0.25, 0.3) is 0 Å². The second-order valence-electron chi connectivity index (χ2n) is 4.21. The van der Waals surface area contributed by atoms with Gasteiger partial charge in [-0.1, -0.05) is 0 Å². The van der Waals surface area contributed by atoms with Gasteiger partial charge in [-0.15, -0.1) is 0 Å². The molecule has 0 atom stereocenters. The van der Waals surface area contributed by atoms with Gasteiger partial charge in [0, 0.05) is 12.2 Å². The van der Waals surface area contributed by atoms with Crippen molar-refractivity contribution >= 4 is 5.69 Å². The monoisotopic (exact) mass is 240 g/mol. The molecule has 0 aliphatic carbocycles. The Bertz CT molecular complexity index is 552. The first-order chi connectivity index (χ1) is 8.74. The van der Waals surface area contributed by atoms with E-state index in [1.165, 1.54) is 0 Å². The number of hydrogen-bond donors (Lipinski definition) is 0. The molecule has 18 heavy (non-hydrogen) atoms. The fourth-order valence-electron chi connectivity index (χ4n) is 2.04. The molecule has 92 valence electrons. The van der Waals surface area contributed by atoms with Crippen LogP contribution in [0.5, 0.6) is 0 Å². The summed E-state index contributed by atoms with van der Waals surface area (Å²) in [4.78, 5) is 2.23. The van der Waals surface area contributed by atoms with E-state index in [1.54, 1.807) is 6.26 Å². The molecule has 1 aromatic carbocycles. The molecule has 0 N–H and O–H groups in total. The quantitative estimate of drug-likeness (QED) is 0.821. The van der Waals surface area contributed by atoms with Gasteiger partial charge in [-0.2, -0.15) is 5.26 Å². The Kier molecular flexibility index (Phi) is 3.69. The standard InChI is InChI=1S/C15H16N2O/c1-3-17(11-14-5-4-8-18-14)15-7-6-13(10-16)9-12(15)2/h4-9H,3,11H2,1-2H3. The third-order valence-electron chi connectivity index (χ3n) is 2.98. The molecule has 2 aromatic rings. The van der Waals surface area contributed by atoms with Gasteiger partial charge in [0.15, 0.2) is 0 Å². The van der Waals surface area contributed by atoms with E-state index in [0.29, 0.717) is 5.56 Å². The maximum absolute atomic E-state index is 8.88. The van der Waals surface area contributed by atoms with Gasteiger partial charge in [-0.05, 0) is 49.7 Å². The lowest BCUT2D eigenvalue weighted by Crippen LogP contribution is -2.22. The Labute approximate surface area is 107 Å². The summed E-state index contributed by atoms with van der Waals surface area (Å²) >= 11 is 0. The number of nitrogens with zero attached hydrogens (tertiary/aromatic N) is 2. The first kappa shape index (κ1) is 12.3. The molecule has 1 aromatic heterocycles. The summed E-state index contributed by atoms with van der Waals surface area (Å²) in [7, 11) is 0. The molecule has 0 aliphatic rings. The largest absolute Gasteiger partial charge is 0.467 e. The molecule has 0 saturated heterocycles. The molecule has 0 unspecified atom stereocenters. The lowest BCUT2D eigenvalue weighted by Gasteiger charge is -2.24. The molecule has 1 heterocycles. The highest BCUT2D eigenvalue weighted by Crippen LogP contribution is 2.23. The van der Waals surface area contributed by atoms with Crippen molar-refractivity contribution in [1.82, 2.24) is 0 Å². The minimum Gasteiger partial charge on any atom is -0.467 e. The van der Waals surface area contributed by atoms with Crippen LogP contribution in [-0.2, 0) is 6.54 Å². The summed E-state index contributed by atoms with van der Waals surface area (Å²) in [5.41, 5.74) is 2.96. The Morgan fingerprint density at radius 2 is 2.17 bits per heavy atom. The van der Waals surface area contributed by atoms with Crippen LogP contribution in [0, 0.1) is 18.3 Å². The van der Waals surface area contributed by atoms with Crippen molar-refractivity contribution in [3.8, 4) is 6.07 Å². The van der Waals surface area contributed by atoms with E-state index >= 15 is 0 Å². The lowest BCUT2D eigenvalue weighted by molar-refractivity contribution is 0.503. The van der Waals surface area contributed by atoms with Crippen molar-refractivity contribution in [1.29, 1.82) is 5.26 Å². The second-order valence-corrected chi connectivity index (χ2v) is 4.21. The minimum atomic E-state index is 0.699. The van der Waals surface area contributed by atoms with Gasteiger partial charge in [-0.25, -0.2) is 0 Å². The van der Waals surface area contributed by atoms with Gasteiger partial charge in [0.25, 0.3) is 0 Å². The number of nitriles is 1. The maximum atomic E-state index is 8.88. The van der Waals surface area contributed by atoms with Gasteiger partial charge in [0.1, 0.15) is 5.76 Å². The molecule has 3 heteroatoms. The first-order valence-corrected chi connectivity index (χ1v) is 6.02. The zero-order valence-corrected chi connectivity index (χ0v) is 10.7. The first-order valence-electron chi connectivity index (χ1n) is 6.02. The van der Waals surface area contributed by atoms with E-state index < -0.39 is 0 Å². The lowest BCUT2D eigenvalue weighted by atomic mass is 10.1. The number of furan rings is 1. The van der Waals surface area contributed by atoms with E-state index in [1.807, 2.05) is 37.3 Å². The van der Waals surface area contributed by atoms with Crippen LogP contribution in [0.2, 0.25) is 0 Å². The van der Waals surface area contributed by atoms with Crippen LogP contribution in [0.1, 0.15) is 23.8 Å². The van der Waals surface area contributed by atoms with Crippen LogP contribution in [0.3, 0.4) is 0 Å². The molecule has 0 bridgehead atoms. The molecule has 0 aliphatic heterocycles. The predicted molar refractivity (Wildman–Crippen MR) is 71.3 cm³/mol. The summed E-state index contributed by atoms with van der Waals surface area (Å²) in [6.45, 7) is 5.78. The van der Waals surface area contributed by atoms with Crippen molar-refractivity contribution < 1.29 is 4.42 Å². The van der Waals surface area contributed by atoms with Gasteiger partial charge >= 0.3 is 0 Å². The number of benzene rings is 1. The average Bonchev–Trinajstić information content (AvgIpc) is 2.89. The fraction of sp³-hybridized carbons (Fsp3) is 0.267. The molecule has 2 rings (SSSR count). The van der Waals surface area contributed by atoms with Gasteiger partial charge in [0.2, 0.25) is 0 Å². The molecule has 3 nitrogen and oxygen atoms in total. The van der Waals surface area contributed by atoms with Gasteiger partial charge in [0.05, 0.1) is 24.4 Å². The van der Waals surface area contributed by atoms with E-state index in [4.69, 9.17) is 9.68 Å². The van der Waals surface area contributed by atoms with E-state index in [0.717, 1.165) is 30.1 Å². The van der Waals surface area contributed by atoms with Crippen molar-refractivity contribution in [3.05, 3.63) is 53.5 Å². The Morgan fingerprint density at radius 1 is 1.33 bits per heavy atom. The summed E-state index contributed by atoms with van der Waals surface area (Å²) in [5.74, 6) is 0.945. The van der Waals surface area contributed by atoms with Crippen LogP contribution < -0.4 is 4.90 Å². The smallest absolute Gasteiger partial charge is 0.123 e. The van der Waals surface area contributed by atoms with Crippen molar-refractivity contribution in [3.63, 3.8) is 0 Å². The molecule has 0 saturated carbocycles. The molecule has 0 radical (unpaired) electrons. The van der Waals surface area contributed by atoms with Gasteiger partial charge < -0.3 is 9.32 Å². The molecule has 0 fully saturated rings. The fourth-order valence-corrected chi connectivity index (χ4v) is 2.04. The number of anilines is 1. The topological polar surface area (TPSA) is 40.2 Å². The summed E-state index contributed by atoms with van der Waals surface area (Å²) < 4.78 is 5.38. The SMILES string of the molecule is CCN(Cc1ccco1)c1ccc(C#N)cc1C. The molecular weight excluding hydrogens is 224 g/mol. The van der Waals surface area contributed by atoms with E-state index in [-0.39, 0.29) is 0 Å². The van der Waals surface area contributed by atoms with Crippen LogP contribution in [0.15, 0.2) is 41.0 Å². The number of rotatable bonds is 4. The minimum absolute atomic E-state index is 0.699. The third kappa shape index (κ3) is 2.54. The van der Waals surface area contributed by atoms with E-state index in [9.17, 15) is 0 Å². The van der Waals surface area contributed by atoms with Gasteiger partial charge in [-0.3, -0.25) is 0 Å². The molecular formula is C15H16N2O. The van der Waals surface area contributed by atoms with Crippen LogP contribution in [0.4, 0.5) is 5.69 Å².